The van der Waals surface area contributed by atoms with E-state index in [-0.39, 0.29) is 0 Å². The fourth-order valence-corrected chi connectivity index (χ4v) is 2.85. The third kappa shape index (κ3) is 4.40. The number of halogens is 2. The number of aryl methyl sites for hydroxylation is 1. The van der Waals surface area contributed by atoms with Gasteiger partial charge in [0.15, 0.2) is 0 Å². The second-order valence-corrected chi connectivity index (χ2v) is 6.34. The van der Waals surface area contributed by atoms with Crippen molar-refractivity contribution in [3.05, 3.63) is 57.6 Å². The Labute approximate surface area is 147 Å². The van der Waals surface area contributed by atoms with Crippen LogP contribution in [0.15, 0.2) is 41.5 Å². The fraction of sp³-hybridized carbons (Fsp3) is 0.278. The number of benzene rings is 2. The SMILES string of the molecule is CCCN(/N=C(\C)c1cc(C)ccc1N)c1ccc(Cl)cc1Cl. The van der Waals surface area contributed by atoms with Crippen LogP contribution in [0.5, 0.6) is 0 Å². The van der Waals surface area contributed by atoms with Crippen molar-refractivity contribution in [1.82, 2.24) is 0 Å². The van der Waals surface area contributed by atoms with Crippen molar-refractivity contribution >= 4 is 40.3 Å². The molecule has 0 aliphatic rings. The van der Waals surface area contributed by atoms with Gasteiger partial charge in [-0.3, -0.25) is 5.01 Å². The second-order valence-electron chi connectivity index (χ2n) is 5.49. The zero-order chi connectivity index (χ0) is 17.0. The molecule has 0 radical (unpaired) electrons. The van der Waals surface area contributed by atoms with E-state index >= 15 is 0 Å². The molecule has 0 unspecified atom stereocenters. The van der Waals surface area contributed by atoms with Crippen LogP contribution in [-0.4, -0.2) is 12.3 Å². The molecule has 0 aromatic heterocycles. The van der Waals surface area contributed by atoms with Gasteiger partial charge in [0.2, 0.25) is 0 Å². The van der Waals surface area contributed by atoms with Gasteiger partial charge in [-0.05, 0) is 50.6 Å². The Morgan fingerprint density at radius 2 is 1.91 bits per heavy atom. The molecule has 2 aromatic carbocycles. The lowest BCUT2D eigenvalue weighted by atomic mass is 10.1. The molecule has 5 heteroatoms. The van der Waals surface area contributed by atoms with Crippen LogP contribution in [-0.2, 0) is 0 Å². The summed E-state index contributed by atoms with van der Waals surface area (Å²) in [6.45, 7) is 6.85. The summed E-state index contributed by atoms with van der Waals surface area (Å²) in [6, 6.07) is 11.4. The molecule has 0 atom stereocenters. The first-order chi connectivity index (χ1) is 10.9. The van der Waals surface area contributed by atoms with E-state index in [4.69, 9.17) is 34.0 Å². The van der Waals surface area contributed by atoms with Crippen LogP contribution in [0.4, 0.5) is 11.4 Å². The molecule has 0 fully saturated rings. The number of hydrazone groups is 1. The van der Waals surface area contributed by atoms with Gasteiger partial charge < -0.3 is 5.73 Å². The highest BCUT2D eigenvalue weighted by atomic mass is 35.5. The lowest BCUT2D eigenvalue weighted by molar-refractivity contribution is 0.806. The Kier molecular flexibility index (Phi) is 5.91. The Hall–Kier alpha value is -1.71. The summed E-state index contributed by atoms with van der Waals surface area (Å²) in [5.74, 6) is 0. The van der Waals surface area contributed by atoms with Crippen LogP contribution in [0.2, 0.25) is 10.0 Å². The minimum Gasteiger partial charge on any atom is -0.398 e. The normalized spacial score (nSPS) is 11.6. The van der Waals surface area contributed by atoms with Gasteiger partial charge in [-0.1, -0.05) is 41.8 Å². The number of rotatable bonds is 5. The largest absolute Gasteiger partial charge is 0.398 e. The summed E-state index contributed by atoms with van der Waals surface area (Å²) in [4.78, 5) is 0. The van der Waals surface area contributed by atoms with Crippen molar-refractivity contribution in [2.75, 3.05) is 17.3 Å². The quantitative estimate of drug-likeness (QED) is 0.438. The summed E-state index contributed by atoms with van der Waals surface area (Å²) >= 11 is 12.3. The van der Waals surface area contributed by atoms with E-state index < -0.39 is 0 Å². The molecule has 0 aliphatic heterocycles. The zero-order valence-corrected chi connectivity index (χ0v) is 15.1. The zero-order valence-electron chi connectivity index (χ0n) is 13.6. The van der Waals surface area contributed by atoms with E-state index in [1.165, 1.54) is 0 Å². The molecule has 0 aliphatic carbocycles. The van der Waals surface area contributed by atoms with Crippen molar-refractivity contribution < 1.29 is 0 Å². The Bertz CT molecular complexity index is 726. The van der Waals surface area contributed by atoms with Crippen molar-refractivity contribution in [2.24, 2.45) is 5.10 Å². The van der Waals surface area contributed by atoms with Crippen LogP contribution in [0, 0.1) is 6.92 Å². The highest BCUT2D eigenvalue weighted by Gasteiger charge is 2.11. The number of anilines is 2. The first-order valence-electron chi connectivity index (χ1n) is 7.56. The smallest absolute Gasteiger partial charge is 0.0781 e. The van der Waals surface area contributed by atoms with Gasteiger partial charge in [0.05, 0.1) is 16.4 Å². The average Bonchev–Trinajstić information content (AvgIpc) is 2.49. The predicted molar refractivity (Wildman–Crippen MR) is 102 cm³/mol. The summed E-state index contributed by atoms with van der Waals surface area (Å²) in [6.07, 6.45) is 0.943. The second kappa shape index (κ2) is 7.71. The molecule has 3 nitrogen and oxygen atoms in total. The fourth-order valence-electron chi connectivity index (χ4n) is 2.35. The van der Waals surface area contributed by atoms with Gasteiger partial charge >= 0.3 is 0 Å². The van der Waals surface area contributed by atoms with Gasteiger partial charge in [0.1, 0.15) is 0 Å². The molecule has 122 valence electrons. The molecular formula is C18H21Cl2N3. The van der Waals surface area contributed by atoms with E-state index in [1.54, 1.807) is 6.07 Å². The first-order valence-corrected chi connectivity index (χ1v) is 8.32. The molecule has 2 aromatic rings. The van der Waals surface area contributed by atoms with Crippen molar-refractivity contribution in [3.63, 3.8) is 0 Å². The lowest BCUT2D eigenvalue weighted by Crippen LogP contribution is -2.20. The van der Waals surface area contributed by atoms with Crippen molar-refractivity contribution in [3.8, 4) is 0 Å². The summed E-state index contributed by atoms with van der Waals surface area (Å²) in [5.41, 5.74) is 10.6. The van der Waals surface area contributed by atoms with Gasteiger partial charge in [-0.25, -0.2) is 0 Å². The molecule has 0 amide bonds. The third-order valence-corrected chi connectivity index (χ3v) is 4.03. The number of nitrogens with zero attached hydrogens (tertiary/aromatic N) is 2. The van der Waals surface area contributed by atoms with E-state index in [9.17, 15) is 0 Å². The van der Waals surface area contributed by atoms with Gasteiger partial charge in [0, 0.05) is 22.8 Å². The van der Waals surface area contributed by atoms with Crippen molar-refractivity contribution in [1.29, 1.82) is 0 Å². The van der Waals surface area contributed by atoms with Crippen LogP contribution in [0.25, 0.3) is 0 Å². The highest BCUT2D eigenvalue weighted by Crippen LogP contribution is 2.29. The third-order valence-electron chi connectivity index (χ3n) is 3.49. The molecule has 23 heavy (non-hydrogen) atoms. The van der Waals surface area contributed by atoms with E-state index in [2.05, 4.69) is 6.92 Å². The Morgan fingerprint density at radius 1 is 1.17 bits per heavy atom. The molecule has 2 N–H and O–H groups in total. The first kappa shape index (κ1) is 17.6. The Balaban J connectivity index is 2.43. The molecule has 0 bridgehead atoms. The maximum Gasteiger partial charge on any atom is 0.0781 e. The minimum absolute atomic E-state index is 0.583. The topological polar surface area (TPSA) is 41.6 Å². The summed E-state index contributed by atoms with van der Waals surface area (Å²) in [7, 11) is 0. The van der Waals surface area contributed by atoms with E-state index in [0.29, 0.717) is 10.0 Å². The summed E-state index contributed by atoms with van der Waals surface area (Å²) < 4.78 is 0. The number of hydrogen-bond acceptors (Lipinski definition) is 3. The summed E-state index contributed by atoms with van der Waals surface area (Å²) in [5, 5.41) is 7.83. The standard InChI is InChI=1S/C18H21Cl2N3/c1-4-9-23(18-8-6-14(19)11-16(18)20)22-13(3)15-10-12(2)5-7-17(15)21/h5-8,10-11H,4,9,21H2,1-3H3/b22-13+. The van der Waals surface area contributed by atoms with Gasteiger partial charge in [-0.2, -0.15) is 5.10 Å². The predicted octanol–water partition coefficient (Wildman–Crippen LogP) is 5.52. The average molecular weight is 350 g/mol. The number of nitrogen functional groups attached to an aromatic ring is 1. The molecule has 0 saturated carbocycles. The molecule has 0 saturated heterocycles. The van der Waals surface area contributed by atoms with Crippen molar-refractivity contribution in [2.45, 2.75) is 27.2 Å². The number of hydrogen-bond donors (Lipinski definition) is 1. The van der Waals surface area contributed by atoms with E-state index in [0.717, 1.165) is 41.2 Å². The maximum atomic E-state index is 6.33. The Morgan fingerprint density at radius 3 is 2.57 bits per heavy atom. The van der Waals surface area contributed by atoms with Crippen LogP contribution in [0.3, 0.4) is 0 Å². The van der Waals surface area contributed by atoms with Crippen LogP contribution < -0.4 is 10.7 Å². The molecule has 0 heterocycles. The van der Waals surface area contributed by atoms with Gasteiger partial charge in [0.25, 0.3) is 0 Å². The number of nitrogens with two attached hydrogens (primary N) is 1. The minimum atomic E-state index is 0.583. The highest BCUT2D eigenvalue weighted by molar-refractivity contribution is 6.36. The van der Waals surface area contributed by atoms with E-state index in [1.807, 2.05) is 49.2 Å². The molecule has 0 spiro atoms. The van der Waals surface area contributed by atoms with Crippen LogP contribution in [0.1, 0.15) is 31.4 Å². The van der Waals surface area contributed by atoms with Gasteiger partial charge in [-0.15, -0.1) is 0 Å². The molecular weight excluding hydrogens is 329 g/mol. The maximum absolute atomic E-state index is 6.33. The molecule has 2 rings (SSSR count). The van der Waals surface area contributed by atoms with Crippen LogP contribution >= 0.6 is 23.2 Å². The lowest BCUT2D eigenvalue weighted by Gasteiger charge is -2.21. The monoisotopic (exact) mass is 349 g/mol.